The highest BCUT2D eigenvalue weighted by Gasteiger charge is 1.96. The van der Waals surface area contributed by atoms with E-state index in [-0.39, 0.29) is 0 Å². The first-order chi connectivity index (χ1) is 8.58. The van der Waals surface area contributed by atoms with Crippen LogP contribution in [0.3, 0.4) is 0 Å². The molecule has 0 fully saturated rings. The molecule has 0 aromatic heterocycles. The van der Waals surface area contributed by atoms with Crippen LogP contribution in [0, 0.1) is 5.92 Å². The van der Waals surface area contributed by atoms with E-state index in [1.165, 1.54) is 6.21 Å². The molecule has 0 spiro atoms. The second kappa shape index (κ2) is 7.32. The topological polar surface area (TPSA) is 76.7 Å². The molecule has 0 unspecified atom stereocenters. The minimum absolute atomic E-state index is 0.635. The number of primary amides is 1. The van der Waals surface area contributed by atoms with Gasteiger partial charge in [-0.25, -0.2) is 10.2 Å². The molecular weight excluding hydrogens is 230 g/mol. The van der Waals surface area contributed by atoms with Gasteiger partial charge in [-0.2, -0.15) is 5.10 Å². The second-order valence-electron chi connectivity index (χ2n) is 4.33. The number of amides is 2. The van der Waals surface area contributed by atoms with Crippen LogP contribution in [0.1, 0.15) is 25.8 Å². The molecule has 0 aliphatic heterocycles. The van der Waals surface area contributed by atoms with Crippen LogP contribution in [0.4, 0.5) is 4.79 Å². The molecule has 2 amide bonds. The first-order valence-electron chi connectivity index (χ1n) is 5.89. The number of ether oxygens (including phenoxy) is 1. The molecular formula is C13H19N3O2. The number of hydrogen-bond donors (Lipinski definition) is 2. The molecule has 0 saturated heterocycles. The molecule has 1 rings (SSSR count). The van der Waals surface area contributed by atoms with Crippen LogP contribution < -0.4 is 15.9 Å². The average Bonchev–Trinajstić information content (AvgIpc) is 2.30. The summed E-state index contributed by atoms with van der Waals surface area (Å²) >= 11 is 0. The van der Waals surface area contributed by atoms with Gasteiger partial charge in [0, 0.05) is 0 Å². The Labute approximate surface area is 107 Å². The first kappa shape index (κ1) is 14.0. The van der Waals surface area contributed by atoms with Gasteiger partial charge in [0.25, 0.3) is 0 Å². The summed E-state index contributed by atoms with van der Waals surface area (Å²) < 4.78 is 5.58. The fourth-order valence-electron chi connectivity index (χ4n) is 1.23. The van der Waals surface area contributed by atoms with E-state index in [4.69, 9.17) is 10.5 Å². The maximum absolute atomic E-state index is 10.4. The summed E-state index contributed by atoms with van der Waals surface area (Å²) in [5.74, 6) is 1.46. The number of hydrazone groups is 1. The minimum Gasteiger partial charge on any atom is -0.494 e. The molecule has 18 heavy (non-hydrogen) atoms. The molecule has 5 nitrogen and oxygen atoms in total. The fraction of sp³-hybridized carbons (Fsp3) is 0.385. The summed E-state index contributed by atoms with van der Waals surface area (Å²) in [6.07, 6.45) is 2.55. The van der Waals surface area contributed by atoms with Crippen molar-refractivity contribution in [2.75, 3.05) is 6.61 Å². The quantitative estimate of drug-likeness (QED) is 0.598. The van der Waals surface area contributed by atoms with Crippen LogP contribution >= 0.6 is 0 Å². The molecule has 98 valence electrons. The summed E-state index contributed by atoms with van der Waals surface area (Å²) in [5.41, 5.74) is 7.87. The van der Waals surface area contributed by atoms with E-state index in [2.05, 4.69) is 24.4 Å². The maximum Gasteiger partial charge on any atom is 0.332 e. The molecule has 0 radical (unpaired) electrons. The number of urea groups is 1. The van der Waals surface area contributed by atoms with Crippen molar-refractivity contribution in [2.24, 2.45) is 16.8 Å². The summed E-state index contributed by atoms with van der Waals surface area (Å²) in [6, 6.07) is 6.77. The van der Waals surface area contributed by atoms with Crippen molar-refractivity contribution in [1.29, 1.82) is 0 Å². The van der Waals surface area contributed by atoms with Gasteiger partial charge in [-0.15, -0.1) is 0 Å². The van der Waals surface area contributed by atoms with Gasteiger partial charge in [-0.3, -0.25) is 0 Å². The third-order valence-corrected chi connectivity index (χ3v) is 2.23. The SMILES string of the molecule is CC(C)CCOc1ccc(/C=N/NC(N)=O)cc1. The maximum atomic E-state index is 10.4. The smallest absolute Gasteiger partial charge is 0.332 e. The van der Waals surface area contributed by atoms with Gasteiger partial charge in [-0.1, -0.05) is 13.8 Å². The molecule has 3 N–H and O–H groups in total. The average molecular weight is 249 g/mol. The highest BCUT2D eigenvalue weighted by atomic mass is 16.5. The monoisotopic (exact) mass is 249 g/mol. The second-order valence-corrected chi connectivity index (χ2v) is 4.33. The lowest BCUT2D eigenvalue weighted by molar-refractivity contribution is 0.249. The summed E-state index contributed by atoms with van der Waals surface area (Å²) in [5, 5.41) is 3.67. The third-order valence-electron chi connectivity index (χ3n) is 2.23. The van der Waals surface area contributed by atoms with Crippen molar-refractivity contribution in [2.45, 2.75) is 20.3 Å². The summed E-state index contributed by atoms with van der Waals surface area (Å²) in [6.45, 7) is 5.04. The number of carbonyl (C=O) groups is 1. The van der Waals surface area contributed by atoms with Crippen molar-refractivity contribution in [1.82, 2.24) is 5.43 Å². The molecule has 0 heterocycles. The van der Waals surface area contributed by atoms with Crippen LogP contribution in [0.2, 0.25) is 0 Å². The predicted molar refractivity (Wildman–Crippen MR) is 71.7 cm³/mol. The summed E-state index contributed by atoms with van der Waals surface area (Å²) in [4.78, 5) is 10.4. The zero-order valence-corrected chi connectivity index (χ0v) is 10.7. The Hall–Kier alpha value is -2.04. The van der Waals surface area contributed by atoms with Gasteiger partial charge >= 0.3 is 6.03 Å². The van der Waals surface area contributed by atoms with Gasteiger partial charge in [-0.05, 0) is 42.2 Å². The van der Waals surface area contributed by atoms with Crippen molar-refractivity contribution < 1.29 is 9.53 Å². The molecule has 1 aromatic carbocycles. The molecule has 0 bridgehead atoms. The van der Waals surface area contributed by atoms with E-state index < -0.39 is 6.03 Å². The third kappa shape index (κ3) is 5.89. The lowest BCUT2D eigenvalue weighted by Gasteiger charge is -2.07. The van der Waals surface area contributed by atoms with Crippen LogP contribution in [0.5, 0.6) is 5.75 Å². The van der Waals surface area contributed by atoms with E-state index in [1.807, 2.05) is 24.3 Å². The number of hydrogen-bond acceptors (Lipinski definition) is 3. The number of carbonyl (C=O) groups excluding carboxylic acids is 1. The largest absolute Gasteiger partial charge is 0.494 e. The van der Waals surface area contributed by atoms with E-state index in [1.54, 1.807) is 0 Å². The van der Waals surface area contributed by atoms with Gasteiger partial charge in [0.15, 0.2) is 0 Å². The molecule has 0 atom stereocenters. The normalized spacial score (nSPS) is 10.8. The van der Waals surface area contributed by atoms with Crippen LogP contribution in [-0.4, -0.2) is 18.9 Å². The first-order valence-corrected chi connectivity index (χ1v) is 5.89. The van der Waals surface area contributed by atoms with E-state index in [0.29, 0.717) is 12.5 Å². The van der Waals surface area contributed by atoms with Crippen molar-refractivity contribution in [3.63, 3.8) is 0 Å². The Bertz CT molecular complexity index is 399. The number of nitrogens with two attached hydrogens (primary N) is 1. The Balaban J connectivity index is 2.42. The van der Waals surface area contributed by atoms with Gasteiger partial charge in [0.05, 0.1) is 12.8 Å². The van der Waals surface area contributed by atoms with E-state index >= 15 is 0 Å². The zero-order valence-electron chi connectivity index (χ0n) is 10.7. The number of rotatable bonds is 6. The van der Waals surface area contributed by atoms with Crippen LogP contribution in [-0.2, 0) is 0 Å². The van der Waals surface area contributed by atoms with Crippen molar-refractivity contribution in [3.05, 3.63) is 29.8 Å². The van der Waals surface area contributed by atoms with Crippen LogP contribution in [0.25, 0.3) is 0 Å². The van der Waals surface area contributed by atoms with Gasteiger partial charge in [0.1, 0.15) is 5.75 Å². The van der Waals surface area contributed by atoms with Crippen molar-refractivity contribution in [3.8, 4) is 5.75 Å². The number of benzene rings is 1. The van der Waals surface area contributed by atoms with Gasteiger partial charge in [0.2, 0.25) is 0 Å². The van der Waals surface area contributed by atoms with Crippen molar-refractivity contribution >= 4 is 12.2 Å². The molecule has 1 aromatic rings. The number of nitrogens with zero attached hydrogens (tertiary/aromatic N) is 1. The highest BCUT2D eigenvalue weighted by Crippen LogP contribution is 2.12. The summed E-state index contributed by atoms with van der Waals surface area (Å²) in [7, 11) is 0. The Kier molecular flexibility index (Phi) is 5.70. The van der Waals surface area contributed by atoms with E-state index in [0.717, 1.165) is 17.7 Å². The lowest BCUT2D eigenvalue weighted by Crippen LogP contribution is -2.24. The molecule has 0 saturated carbocycles. The Morgan fingerprint density at radius 3 is 2.67 bits per heavy atom. The van der Waals surface area contributed by atoms with Gasteiger partial charge < -0.3 is 10.5 Å². The lowest BCUT2D eigenvalue weighted by atomic mass is 10.1. The Morgan fingerprint density at radius 1 is 1.44 bits per heavy atom. The highest BCUT2D eigenvalue weighted by molar-refractivity contribution is 5.81. The molecule has 0 aliphatic carbocycles. The zero-order chi connectivity index (χ0) is 13.4. The van der Waals surface area contributed by atoms with Crippen LogP contribution in [0.15, 0.2) is 29.4 Å². The molecule has 5 heteroatoms. The predicted octanol–water partition coefficient (Wildman–Crippen LogP) is 2.11. The molecule has 0 aliphatic rings. The number of nitrogens with one attached hydrogen (secondary N) is 1. The standard InChI is InChI=1S/C13H19N3O2/c1-10(2)7-8-18-12-5-3-11(4-6-12)9-15-16-13(14)17/h3-6,9-10H,7-8H2,1-2H3,(H3,14,16,17)/b15-9+. The minimum atomic E-state index is -0.681. The Morgan fingerprint density at radius 2 is 2.11 bits per heavy atom. The fourth-order valence-corrected chi connectivity index (χ4v) is 1.23. The van der Waals surface area contributed by atoms with E-state index in [9.17, 15) is 4.79 Å².